The number of furan rings is 1. The molecule has 3 heterocycles. The Balaban J connectivity index is 1.29. The van der Waals surface area contributed by atoms with Gasteiger partial charge in [-0.05, 0) is 55.3 Å². The first-order chi connectivity index (χ1) is 16.8. The van der Waals surface area contributed by atoms with Gasteiger partial charge in [0.2, 0.25) is 11.8 Å². The molecule has 35 heavy (non-hydrogen) atoms. The Bertz CT molecular complexity index is 1390. The molecule has 0 spiro atoms. The van der Waals surface area contributed by atoms with Crippen LogP contribution in [-0.4, -0.2) is 55.4 Å². The zero-order chi connectivity index (χ0) is 24.6. The van der Waals surface area contributed by atoms with Crippen molar-refractivity contribution in [2.75, 3.05) is 17.6 Å². The van der Waals surface area contributed by atoms with Crippen molar-refractivity contribution in [3.8, 4) is 11.3 Å². The maximum absolute atomic E-state index is 13.3. The largest absolute Gasteiger partial charge is 0.464 e. The van der Waals surface area contributed by atoms with E-state index in [0.29, 0.717) is 23.4 Å². The number of sulfone groups is 1. The third-order valence-corrected chi connectivity index (χ3v) is 7.90. The fourth-order valence-corrected chi connectivity index (χ4v) is 5.71. The van der Waals surface area contributed by atoms with E-state index in [2.05, 4.69) is 10.6 Å². The van der Waals surface area contributed by atoms with Crippen LogP contribution in [-0.2, 0) is 19.4 Å². The van der Waals surface area contributed by atoms with Crippen molar-refractivity contribution < 1.29 is 27.2 Å². The summed E-state index contributed by atoms with van der Waals surface area (Å²) in [5.74, 6) is -1.35. The van der Waals surface area contributed by atoms with Crippen LogP contribution < -0.4 is 10.6 Å². The molecule has 3 amide bonds. The van der Waals surface area contributed by atoms with Gasteiger partial charge in [0.25, 0.3) is 5.91 Å². The monoisotopic (exact) mass is 493 g/mol. The Hall–Kier alpha value is -3.92. The van der Waals surface area contributed by atoms with Crippen LogP contribution in [0.2, 0.25) is 0 Å². The van der Waals surface area contributed by atoms with E-state index in [9.17, 15) is 22.8 Å². The van der Waals surface area contributed by atoms with Gasteiger partial charge in [-0.15, -0.1) is 0 Å². The van der Waals surface area contributed by atoms with Gasteiger partial charge in [0, 0.05) is 18.2 Å². The van der Waals surface area contributed by atoms with Crippen molar-refractivity contribution in [2.24, 2.45) is 0 Å². The third-order valence-electron chi connectivity index (χ3n) is 6.27. The molecule has 0 saturated carbocycles. The number of hydrogen-bond donors (Lipinski definition) is 2. The van der Waals surface area contributed by atoms with Gasteiger partial charge in [-0.25, -0.2) is 8.42 Å². The third kappa shape index (κ3) is 4.57. The first-order valence-corrected chi connectivity index (χ1v) is 12.8. The predicted octanol–water partition coefficient (Wildman–Crippen LogP) is 2.46. The molecule has 3 aromatic rings. The summed E-state index contributed by atoms with van der Waals surface area (Å²) < 4.78 is 30.4. The number of benzene rings is 2. The Morgan fingerprint density at radius 3 is 2.63 bits per heavy atom. The van der Waals surface area contributed by atoms with Gasteiger partial charge in [0.15, 0.2) is 9.84 Å². The van der Waals surface area contributed by atoms with E-state index in [1.165, 1.54) is 17.0 Å². The molecule has 2 atom stereocenters. The predicted molar refractivity (Wildman–Crippen MR) is 127 cm³/mol. The topological polar surface area (TPSA) is 126 Å². The maximum atomic E-state index is 13.3. The van der Waals surface area contributed by atoms with E-state index in [1.54, 1.807) is 54.8 Å². The molecule has 1 saturated heterocycles. The molecule has 1 aromatic heterocycles. The molecule has 180 valence electrons. The van der Waals surface area contributed by atoms with Gasteiger partial charge in [0.05, 0.1) is 22.4 Å². The summed E-state index contributed by atoms with van der Waals surface area (Å²) in [6.07, 6.45) is 2.14. The fourth-order valence-electron chi connectivity index (χ4n) is 4.54. The second kappa shape index (κ2) is 9.03. The summed E-state index contributed by atoms with van der Waals surface area (Å²) in [6.45, 7) is 0.248. The highest BCUT2D eigenvalue weighted by Gasteiger charge is 2.40. The van der Waals surface area contributed by atoms with Crippen molar-refractivity contribution in [1.82, 2.24) is 10.2 Å². The first-order valence-electron chi connectivity index (χ1n) is 11.2. The molecule has 9 nitrogen and oxygen atoms in total. The van der Waals surface area contributed by atoms with E-state index < -0.39 is 33.6 Å². The smallest absolute Gasteiger partial charge is 0.256 e. The number of carbonyl (C=O) groups is 3. The molecule has 0 unspecified atom stereocenters. The minimum atomic E-state index is -3.78. The minimum absolute atomic E-state index is 0.0744. The number of rotatable bonds is 5. The molecular weight excluding hydrogens is 470 g/mol. The number of fused-ring (bicyclic) bond motifs is 2. The maximum Gasteiger partial charge on any atom is 0.256 e. The molecule has 0 bridgehead atoms. The molecule has 2 aliphatic heterocycles. The van der Waals surface area contributed by atoms with Crippen LogP contribution in [0, 0.1) is 0 Å². The van der Waals surface area contributed by atoms with Crippen molar-refractivity contribution in [1.29, 1.82) is 0 Å². The molecule has 0 aliphatic carbocycles. The fraction of sp³-hybridized carbons (Fsp3) is 0.240. The van der Waals surface area contributed by atoms with Gasteiger partial charge in [-0.2, -0.15) is 0 Å². The lowest BCUT2D eigenvalue weighted by Crippen LogP contribution is -2.55. The number of nitrogens with zero attached hydrogens (tertiary/aromatic N) is 1. The number of nitrogens with one attached hydrogen (secondary N) is 2. The Morgan fingerprint density at radius 2 is 1.89 bits per heavy atom. The number of carbonyl (C=O) groups excluding carboxylic acids is 3. The Kier molecular flexibility index (Phi) is 5.89. The zero-order valence-electron chi connectivity index (χ0n) is 18.6. The lowest BCUT2D eigenvalue weighted by molar-refractivity contribution is -0.124. The van der Waals surface area contributed by atoms with Crippen LogP contribution in [0.5, 0.6) is 0 Å². The van der Waals surface area contributed by atoms with Crippen LogP contribution >= 0.6 is 0 Å². The number of anilines is 1. The minimum Gasteiger partial charge on any atom is -0.464 e. The number of amides is 3. The standard InChI is InChI=1S/C25H23N3O6S/c29-23(15-35(32,33)18-5-2-1-3-6-18)26-17-10-11-28-21(14-17)24(30)27-20-9-8-16(13-19(20)25(28)31)22-7-4-12-34-22/h1-9,12-13,17,21H,10-11,14-15H2,(H,26,29)(H,27,30)/t17-,21-/m0/s1. The van der Waals surface area contributed by atoms with Crippen LogP contribution in [0.25, 0.3) is 11.3 Å². The van der Waals surface area contributed by atoms with E-state index >= 15 is 0 Å². The van der Waals surface area contributed by atoms with Crippen LogP contribution in [0.4, 0.5) is 5.69 Å². The Morgan fingerprint density at radius 1 is 1.09 bits per heavy atom. The van der Waals surface area contributed by atoms with E-state index in [-0.39, 0.29) is 29.7 Å². The van der Waals surface area contributed by atoms with E-state index in [1.807, 2.05) is 0 Å². The normalized spacial score (nSPS) is 19.8. The lowest BCUT2D eigenvalue weighted by atomic mass is 9.96. The van der Waals surface area contributed by atoms with Crippen LogP contribution in [0.15, 0.2) is 76.2 Å². The molecule has 10 heteroatoms. The number of hydrogen-bond acceptors (Lipinski definition) is 6. The van der Waals surface area contributed by atoms with Crippen molar-refractivity contribution >= 4 is 33.2 Å². The lowest BCUT2D eigenvalue weighted by Gasteiger charge is -2.37. The van der Waals surface area contributed by atoms with E-state index in [4.69, 9.17) is 4.42 Å². The van der Waals surface area contributed by atoms with E-state index in [0.717, 1.165) is 5.56 Å². The van der Waals surface area contributed by atoms with Gasteiger partial charge in [0.1, 0.15) is 17.6 Å². The first kappa shape index (κ1) is 22.9. The molecule has 5 rings (SSSR count). The molecule has 2 aliphatic rings. The number of piperidine rings is 1. The molecule has 0 radical (unpaired) electrons. The highest BCUT2D eigenvalue weighted by molar-refractivity contribution is 7.92. The Labute approximate surface area is 202 Å². The molecular formula is C25H23N3O6S. The van der Waals surface area contributed by atoms with Gasteiger partial charge in [-0.1, -0.05) is 18.2 Å². The summed E-state index contributed by atoms with van der Waals surface area (Å²) in [6, 6.07) is 15.2. The second-order valence-corrected chi connectivity index (χ2v) is 10.6. The van der Waals surface area contributed by atoms with Gasteiger partial charge < -0.3 is 20.0 Å². The zero-order valence-corrected chi connectivity index (χ0v) is 19.5. The second-order valence-electron chi connectivity index (χ2n) is 8.60. The molecule has 2 N–H and O–H groups in total. The van der Waals surface area contributed by atoms with Crippen molar-refractivity contribution in [3.63, 3.8) is 0 Å². The van der Waals surface area contributed by atoms with Gasteiger partial charge in [-0.3, -0.25) is 14.4 Å². The highest BCUT2D eigenvalue weighted by Crippen LogP contribution is 2.32. The highest BCUT2D eigenvalue weighted by atomic mass is 32.2. The van der Waals surface area contributed by atoms with Crippen molar-refractivity contribution in [2.45, 2.75) is 29.8 Å². The summed E-state index contributed by atoms with van der Waals surface area (Å²) in [7, 11) is -3.78. The summed E-state index contributed by atoms with van der Waals surface area (Å²) in [5.41, 5.74) is 1.50. The SMILES string of the molecule is O=C(CS(=O)(=O)c1ccccc1)N[C@H]1CCN2C(=O)c3cc(-c4ccco4)ccc3NC(=O)[C@@H]2C1. The molecule has 2 aromatic carbocycles. The average molecular weight is 494 g/mol. The molecule has 1 fully saturated rings. The van der Waals surface area contributed by atoms with Crippen molar-refractivity contribution in [3.05, 3.63) is 72.5 Å². The summed E-state index contributed by atoms with van der Waals surface area (Å²) in [5, 5.41) is 5.55. The average Bonchev–Trinajstić information content (AvgIpc) is 3.36. The van der Waals surface area contributed by atoms with Crippen LogP contribution in [0.3, 0.4) is 0 Å². The summed E-state index contributed by atoms with van der Waals surface area (Å²) in [4.78, 5) is 40.4. The quantitative estimate of drug-likeness (QED) is 0.562. The van der Waals surface area contributed by atoms with Gasteiger partial charge >= 0.3 is 0 Å². The summed E-state index contributed by atoms with van der Waals surface area (Å²) >= 11 is 0. The van der Waals surface area contributed by atoms with Crippen LogP contribution in [0.1, 0.15) is 23.2 Å².